The number of halogens is 1. The number of carbonyl (C=O) groups is 5. The summed E-state index contributed by atoms with van der Waals surface area (Å²) in [6, 6.07) is 4.68. The van der Waals surface area contributed by atoms with Crippen molar-refractivity contribution in [3.63, 3.8) is 0 Å². The van der Waals surface area contributed by atoms with Crippen LogP contribution in [0.1, 0.15) is 32.7 Å². The van der Waals surface area contributed by atoms with Crippen LogP contribution in [0, 0.1) is 17.7 Å². The number of hydrogen-bond acceptors (Lipinski definition) is 13. The van der Waals surface area contributed by atoms with Crippen molar-refractivity contribution in [2.75, 3.05) is 45.2 Å². The molecule has 0 heterocycles. The summed E-state index contributed by atoms with van der Waals surface area (Å²) in [5.41, 5.74) is 1.36. The van der Waals surface area contributed by atoms with Gasteiger partial charge in [0.25, 0.3) is 5.91 Å². The minimum atomic E-state index is -2.81. The molecule has 0 aliphatic heterocycles. The highest BCUT2D eigenvalue weighted by molar-refractivity contribution is 6.25. The number of aliphatic hydroxyl groups is 3. The van der Waals surface area contributed by atoms with Gasteiger partial charge in [0.15, 0.2) is 17.1 Å². The number of nitrogens with two attached hydrogens (primary N) is 1. The van der Waals surface area contributed by atoms with E-state index in [4.69, 9.17) is 15.2 Å². The highest BCUT2D eigenvalue weighted by Crippen LogP contribution is 2.54. The Morgan fingerprint density at radius 1 is 1.06 bits per heavy atom. The van der Waals surface area contributed by atoms with Gasteiger partial charge in [-0.15, -0.1) is 0 Å². The zero-order chi connectivity index (χ0) is 35.4. The topological polar surface area (TPSA) is 229 Å². The number of phenols is 1. The first-order valence-corrected chi connectivity index (χ1v) is 14.6. The van der Waals surface area contributed by atoms with E-state index in [9.17, 15) is 48.8 Å². The fourth-order valence-corrected chi connectivity index (χ4v) is 6.75. The van der Waals surface area contributed by atoms with E-state index >= 15 is 0 Å². The fourth-order valence-electron chi connectivity index (χ4n) is 6.75. The van der Waals surface area contributed by atoms with Crippen LogP contribution in [0.25, 0.3) is 0 Å². The van der Waals surface area contributed by atoms with E-state index < -0.39 is 88.5 Å². The third-order valence-electron chi connectivity index (χ3n) is 8.88. The van der Waals surface area contributed by atoms with Crippen LogP contribution in [0.2, 0.25) is 0 Å². The number of nitrogens with zero attached hydrogens (tertiary/aromatic N) is 2. The average molecular weight is 669 g/mol. The Morgan fingerprint density at radius 3 is 2.29 bits per heavy atom. The number of primary amides is 1. The summed E-state index contributed by atoms with van der Waals surface area (Å²) in [6.07, 6.45) is -1.25. The van der Waals surface area contributed by atoms with Gasteiger partial charge in [-0.1, -0.05) is 0 Å². The van der Waals surface area contributed by atoms with Crippen LogP contribution >= 0.6 is 0 Å². The maximum Gasteiger partial charge on any atom is 0.414 e. The Labute approximate surface area is 272 Å². The number of allylic oxidation sites excluding steroid dienone is 1. The normalized spacial score (nSPS) is 23.3. The highest BCUT2D eigenvalue weighted by atomic mass is 19.1. The molecule has 0 radical (unpaired) electrons. The number of aliphatic hydroxyl groups excluding tert-OH is 2. The third kappa shape index (κ3) is 5.37. The second-order valence-electron chi connectivity index (χ2n) is 12.1. The largest absolute Gasteiger partial charge is 0.510 e. The van der Waals surface area contributed by atoms with Crippen molar-refractivity contribution in [1.29, 1.82) is 0 Å². The molecule has 0 saturated carbocycles. The van der Waals surface area contributed by atoms with E-state index in [0.29, 0.717) is 11.3 Å². The Bertz CT molecular complexity index is 1820. The summed E-state index contributed by atoms with van der Waals surface area (Å²) in [5, 5.41) is 47.7. The summed E-state index contributed by atoms with van der Waals surface area (Å²) in [6.45, 7) is -0.853. The van der Waals surface area contributed by atoms with Crippen molar-refractivity contribution < 1.29 is 58.3 Å². The number of Topliss-reactive ketones (excluding diaryl/α,β-unsaturated/α-hetero) is 2. The van der Waals surface area contributed by atoms with Gasteiger partial charge in [0.05, 0.1) is 22.9 Å². The number of phenolic OH excluding ortho intramolecular Hbond substituents is 1. The van der Waals surface area contributed by atoms with Crippen molar-refractivity contribution in [3.8, 4) is 5.75 Å². The van der Waals surface area contributed by atoms with Gasteiger partial charge in [-0.05, 0) is 68.8 Å². The molecule has 48 heavy (non-hydrogen) atoms. The standard InChI is InChI=1S/C32H33FN4O11/c1-36(2)19-11-18(35-31(45)48-12-47-30(44)13-5-7-15(33)8-6-13)24(38)21-16(19)9-14-10-17-23(37(3)4)26(40)22(29(34)43)28(42)32(17,46)27(41)20(14)25(21)39/h5-8,11,14,17,23,38,40-41,46H,9-10,12H2,1-4H3,(H2,34,43)(H,35,45)/t14-,17-,23-,32-/m0/s1. The molecule has 5 rings (SSSR count). The predicted octanol–water partition coefficient (Wildman–Crippen LogP) is 1.69. The molecular weight excluding hydrogens is 635 g/mol. The van der Waals surface area contributed by atoms with E-state index in [2.05, 4.69) is 5.32 Å². The number of aromatic hydroxyl groups is 1. The summed E-state index contributed by atoms with van der Waals surface area (Å²) in [4.78, 5) is 67.6. The minimum absolute atomic E-state index is 0.00210. The summed E-state index contributed by atoms with van der Waals surface area (Å²) in [5.74, 6) is -9.53. The number of rotatable bonds is 7. The first-order chi connectivity index (χ1) is 22.5. The van der Waals surface area contributed by atoms with Crippen LogP contribution in [-0.4, -0.2) is 101 Å². The van der Waals surface area contributed by atoms with E-state index in [-0.39, 0.29) is 35.2 Å². The molecule has 0 fully saturated rings. The maximum absolute atomic E-state index is 14.1. The SMILES string of the molecule is CN(C)c1cc(NC(=O)OCOC(=O)c2ccc(F)cc2)c(O)c2c1C[C@H]1C[C@H]3[C@H](N(C)C)C(O)=C(C(N)=O)C(=O)[C@@]3(O)C(O)=C1C2=O. The van der Waals surface area contributed by atoms with E-state index in [1.54, 1.807) is 19.0 Å². The van der Waals surface area contributed by atoms with Gasteiger partial charge in [0, 0.05) is 31.3 Å². The number of carbonyl (C=O) groups excluding carboxylic acids is 5. The number of benzene rings is 2. The van der Waals surface area contributed by atoms with Gasteiger partial charge in [0.1, 0.15) is 22.9 Å². The zero-order valence-electron chi connectivity index (χ0n) is 26.2. The maximum atomic E-state index is 14.1. The van der Waals surface area contributed by atoms with Gasteiger partial charge < -0.3 is 40.5 Å². The van der Waals surface area contributed by atoms with Gasteiger partial charge in [-0.3, -0.25) is 24.6 Å². The third-order valence-corrected chi connectivity index (χ3v) is 8.88. The summed E-state index contributed by atoms with van der Waals surface area (Å²) in [7, 11) is 6.36. The molecule has 0 aromatic heterocycles. The number of nitrogens with one attached hydrogen (secondary N) is 1. The van der Waals surface area contributed by atoms with Gasteiger partial charge in [-0.2, -0.15) is 0 Å². The molecule has 254 valence electrons. The van der Waals surface area contributed by atoms with E-state index in [0.717, 1.165) is 12.1 Å². The summed E-state index contributed by atoms with van der Waals surface area (Å²) < 4.78 is 22.8. The molecule has 7 N–H and O–H groups in total. The minimum Gasteiger partial charge on any atom is -0.510 e. The average Bonchev–Trinajstić information content (AvgIpc) is 3.00. The van der Waals surface area contributed by atoms with E-state index in [1.807, 2.05) is 0 Å². The lowest BCUT2D eigenvalue weighted by Gasteiger charge is -2.50. The predicted molar refractivity (Wildman–Crippen MR) is 165 cm³/mol. The van der Waals surface area contributed by atoms with Crippen LogP contribution in [0.3, 0.4) is 0 Å². The van der Waals surface area contributed by atoms with Crippen molar-refractivity contribution in [3.05, 3.63) is 75.5 Å². The first-order valence-electron chi connectivity index (χ1n) is 14.6. The first kappa shape index (κ1) is 33.9. The van der Waals surface area contributed by atoms with Crippen LogP contribution in [0.15, 0.2) is 53.0 Å². The molecule has 0 bridgehead atoms. The van der Waals surface area contributed by atoms with Gasteiger partial charge >= 0.3 is 12.1 Å². The molecule has 2 amide bonds. The molecule has 0 saturated heterocycles. The number of hydrogen-bond donors (Lipinski definition) is 6. The van der Waals surface area contributed by atoms with Crippen LogP contribution in [0.5, 0.6) is 5.75 Å². The number of esters is 1. The molecule has 3 aliphatic carbocycles. The van der Waals surface area contributed by atoms with Crippen LogP contribution in [0.4, 0.5) is 20.6 Å². The van der Waals surface area contributed by atoms with Crippen molar-refractivity contribution >= 4 is 40.9 Å². The Hall–Kier alpha value is -5.48. The Morgan fingerprint density at radius 2 is 1.71 bits per heavy atom. The molecule has 4 atom stereocenters. The highest BCUT2D eigenvalue weighted by Gasteiger charge is 2.63. The van der Waals surface area contributed by atoms with Crippen LogP contribution < -0.4 is 16.0 Å². The second-order valence-corrected chi connectivity index (χ2v) is 12.1. The molecule has 2 aromatic rings. The Kier molecular flexibility index (Phi) is 8.66. The lowest BCUT2D eigenvalue weighted by atomic mass is 9.58. The quantitative estimate of drug-likeness (QED) is 0.107. The van der Waals surface area contributed by atoms with Gasteiger partial charge in [0.2, 0.25) is 12.6 Å². The number of ketones is 2. The molecule has 0 unspecified atom stereocenters. The molecule has 3 aliphatic rings. The molecule has 2 aromatic carbocycles. The van der Waals surface area contributed by atoms with E-state index in [1.165, 1.54) is 37.2 Å². The Balaban J connectivity index is 1.48. The van der Waals surface area contributed by atoms with Crippen molar-refractivity contribution in [2.45, 2.75) is 24.5 Å². The molecule has 0 spiro atoms. The molecular formula is C32H33FN4O11. The van der Waals surface area contributed by atoms with Gasteiger partial charge in [-0.25, -0.2) is 14.0 Å². The zero-order valence-corrected chi connectivity index (χ0v) is 26.2. The number of fused-ring (bicyclic) bond motifs is 3. The smallest absolute Gasteiger partial charge is 0.414 e. The van der Waals surface area contributed by atoms with Crippen LogP contribution in [-0.2, 0) is 25.5 Å². The monoisotopic (exact) mass is 668 g/mol. The second kappa shape index (κ2) is 12.3. The number of ether oxygens (including phenoxy) is 2. The lowest BCUT2D eigenvalue weighted by molar-refractivity contribution is -0.148. The molecule has 16 heteroatoms. The number of amides is 2. The summed E-state index contributed by atoms with van der Waals surface area (Å²) >= 11 is 0. The lowest BCUT2D eigenvalue weighted by Crippen LogP contribution is -2.63. The number of likely N-dealkylation sites (N-methyl/N-ethyl adjacent to an activating group) is 1. The van der Waals surface area contributed by atoms with Crippen molar-refractivity contribution in [2.24, 2.45) is 17.6 Å². The molecule has 15 nitrogen and oxygen atoms in total. The fraction of sp³-hybridized carbons (Fsp3) is 0.344. The number of anilines is 2. The van der Waals surface area contributed by atoms with Crippen molar-refractivity contribution in [1.82, 2.24) is 4.90 Å².